The molecule has 136 valence electrons. The number of carbonyl (C=O) groups is 2. The van der Waals surface area contributed by atoms with Crippen LogP contribution in [0.4, 0.5) is 5.69 Å². The number of hydrogen-bond donors (Lipinski definition) is 2. The molecule has 5 nitrogen and oxygen atoms in total. The number of anilines is 1. The van der Waals surface area contributed by atoms with Crippen molar-refractivity contribution in [1.82, 2.24) is 0 Å². The summed E-state index contributed by atoms with van der Waals surface area (Å²) >= 11 is 6.01. The summed E-state index contributed by atoms with van der Waals surface area (Å²) in [4.78, 5) is 25.7. The second kappa shape index (κ2) is 7.89. The number of amides is 1. The Labute approximate surface area is 157 Å². The van der Waals surface area contributed by atoms with Crippen molar-refractivity contribution in [3.05, 3.63) is 64.2 Å². The number of hydrogen-bond acceptors (Lipinski definition) is 3. The van der Waals surface area contributed by atoms with Crippen LogP contribution in [0.25, 0.3) is 0 Å². The largest absolute Gasteiger partial charge is 0.465 e. The van der Waals surface area contributed by atoms with E-state index in [4.69, 9.17) is 16.3 Å². The smallest absolute Gasteiger partial charge is 0.365 e. The normalized spacial score (nSPS) is 18.7. The Balaban J connectivity index is 1.76. The van der Waals surface area contributed by atoms with Crippen LogP contribution in [0.3, 0.4) is 0 Å². The molecule has 2 aromatic carbocycles. The summed E-state index contributed by atoms with van der Waals surface area (Å²) in [6, 6.07) is 13.0. The summed E-state index contributed by atoms with van der Waals surface area (Å²) < 4.78 is 4.96. The molecule has 0 aliphatic carbocycles. The molecule has 0 fully saturated rings. The van der Waals surface area contributed by atoms with Gasteiger partial charge in [0.1, 0.15) is 6.54 Å². The van der Waals surface area contributed by atoms with Crippen LogP contribution in [-0.4, -0.2) is 31.6 Å². The van der Waals surface area contributed by atoms with Crippen molar-refractivity contribution in [1.29, 1.82) is 0 Å². The average Bonchev–Trinajstić information content (AvgIpc) is 2.63. The number of quaternary nitrogens is 1. The molecular weight excluding hydrogens is 352 g/mol. The van der Waals surface area contributed by atoms with Gasteiger partial charge in [-0.15, -0.1) is 0 Å². The molecular formula is C20H22ClN2O3+. The van der Waals surface area contributed by atoms with E-state index < -0.39 is 0 Å². The van der Waals surface area contributed by atoms with Gasteiger partial charge in [-0.1, -0.05) is 41.9 Å². The van der Waals surface area contributed by atoms with E-state index in [1.807, 2.05) is 37.3 Å². The van der Waals surface area contributed by atoms with Gasteiger partial charge in [0.2, 0.25) is 0 Å². The maximum absolute atomic E-state index is 12.6. The Morgan fingerprint density at radius 1 is 1.23 bits per heavy atom. The second-order valence-corrected chi connectivity index (χ2v) is 7.00. The molecule has 1 amide bonds. The highest BCUT2D eigenvalue weighted by atomic mass is 35.5. The standard InChI is InChI=1S/C20H21ClN2O3/c1-13-7-8-16(21)10-17(13)22-19(24)12-23-11-15-6-4-3-5-14(15)9-18(23)20(25)26-2/h3-8,10,18H,9,11-12H2,1-2H3,(H,22,24)/p+1/t18-/m0/s1. The molecule has 6 heteroatoms. The van der Waals surface area contributed by atoms with Crippen LogP contribution in [0.15, 0.2) is 42.5 Å². The van der Waals surface area contributed by atoms with Gasteiger partial charge in [0.15, 0.2) is 12.6 Å². The quantitative estimate of drug-likeness (QED) is 0.803. The van der Waals surface area contributed by atoms with Crippen LogP contribution in [0.5, 0.6) is 0 Å². The molecule has 0 spiro atoms. The van der Waals surface area contributed by atoms with Crippen molar-refractivity contribution in [2.75, 3.05) is 19.0 Å². The Bertz CT molecular complexity index is 838. The fraction of sp³-hybridized carbons (Fsp3) is 0.300. The first-order chi connectivity index (χ1) is 12.5. The van der Waals surface area contributed by atoms with Crippen molar-refractivity contribution < 1.29 is 19.2 Å². The van der Waals surface area contributed by atoms with Crippen molar-refractivity contribution in [3.8, 4) is 0 Å². The van der Waals surface area contributed by atoms with Crippen LogP contribution >= 0.6 is 11.6 Å². The highest BCUT2D eigenvalue weighted by Gasteiger charge is 2.37. The summed E-state index contributed by atoms with van der Waals surface area (Å²) in [7, 11) is 1.38. The van der Waals surface area contributed by atoms with Gasteiger partial charge in [-0.25, -0.2) is 4.79 Å². The molecule has 2 N–H and O–H groups in total. The predicted molar refractivity (Wildman–Crippen MR) is 100 cm³/mol. The maximum atomic E-state index is 12.6. The van der Waals surface area contributed by atoms with Crippen LogP contribution in [0, 0.1) is 6.92 Å². The number of rotatable bonds is 4. The monoisotopic (exact) mass is 373 g/mol. The lowest BCUT2D eigenvalue weighted by Crippen LogP contribution is -3.17. The highest BCUT2D eigenvalue weighted by Crippen LogP contribution is 2.20. The molecule has 0 saturated carbocycles. The molecule has 1 heterocycles. The number of aryl methyl sites for hydroxylation is 1. The van der Waals surface area contributed by atoms with Crippen LogP contribution in [0.1, 0.15) is 16.7 Å². The van der Waals surface area contributed by atoms with E-state index in [0.717, 1.165) is 21.6 Å². The molecule has 1 aliphatic heterocycles. The van der Waals surface area contributed by atoms with Crippen molar-refractivity contribution in [2.45, 2.75) is 25.9 Å². The zero-order chi connectivity index (χ0) is 18.7. The third kappa shape index (κ3) is 4.06. The summed E-state index contributed by atoms with van der Waals surface area (Å²) in [6.07, 6.45) is 0.571. The lowest BCUT2D eigenvalue weighted by atomic mass is 9.94. The van der Waals surface area contributed by atoms with Gasteiger partial charge >= 0.3 is 5.97 Å². The zero-order valence-corrected chi connectivity index (χ0v) is 15.6. The van der Waals surface area contributed by atoms with Gasteiger partial charge in [0.25, 0.3) is 5.91 Å². The summed E-state index contributed by atoms with van der Waals surface area (Å²) in [5.74, 6) is -0.445. The van der Waals surface area contributed by atoms with Crippen LogP contribution in [0.2, 0.25) is 5.02 Å². The fourth-order valence-corrected chi connectivity index (χ4v) is 3.54. The number of nitrogens with one attached hydrogen (secondary N) is 2. The molecule has 0 saturated heterocycles. The van der Waals surface area contributed by atoms with Crippen molar-refractivity contribution in [2.24, 2.45) is 0 Å². The number of ether oxygens (including phenoxy) is 1. The number of carbonyl (C=O) groups excluding carboxylic acids is 2. The molecule has 0 bridgehead atoms. The van der Waals surface area contributed by atoms with Gasteiger partial charge in [-0.05, 0) is 30.2 Å². The number of methoxy groups -OCH3 is 1. The molecule has 1 unspecified atom stereocenters. The second-order valence-electron chi connectivity index (χ2n) is 6.57. The average molecular weight is 374 g/mol. The lowest BCUT2D eigenvalue weighted by Gasteiger charge is -2.31. The van der Waals surface area contributed by atoms with Gasteiger partial charge < -0.3 is 15.0 Å². The number of halogens is 1. The minimum atomic E-state index is -0.388. The maximum Gasteiger partial charge on any atom is 0.365 e. The van der Waals surface area contributed by atoms with E-state index in [0.29, 0.717) is 23.7 Å². The SMILES string of the molecule is COC(=O)[C@@H]1Cc2ccccc2C[NH+]1CC(=O)Nc1cc(Cl)ccc1C. The zero-order valence-electron chi connectivity index (χ0n) is 14.8. The van der Waals surface area contributed by atoms with E-state index >= 15 is 0 Å². The van der Waals surface area contributed by atoms with Crippen LogP contribution < -0.4 is 10.2 Å². The third-order valence-electron chi connectivity index (χ3n) is 4.80. The molecule has 2 aromatic rings. The summed E-state index contributed by atoms with van der Waals surface area (Å²) in [5.41, 5.74) is 3.92. The molecule has 0 aromatic heterocycles. The van der Waals surface area contributed by atoms with Gasteiger partial charge in [-0.2, -0.15) is 0 Å². The van der Waals surface area contributed by atoms with Gasteiger partial charge in [0, 0.05) is 22.7 Å². The first kappa shape index (κ1) is 18.4. The molecule has 0 radical (unpaired) electrons. The van der Waals surface area contributed by atoms with Crippen LogP contribution in [-0.2, 0) is 27.3 Å². The minimum absolute atomic E-state index is 0.154. The molecule has 1 aliphatic rings. The topological polar surface area (TPSA) is 59.8 Å². The van der Waals surface area contributed by atoms with E-state index in [1.54, 1.807) is 12.1 Å². The fourth-order valence-electron chi connectivity index (χ4n) is 3.37. The Hall–Kier alpha value is -2.37. The lowest BCUT2D eigenvalue weighted by molar-refractivity contribution is -0.924. The predicted octanol–water partition coefficient (Wildman–Crippen LogP) is 1.77. The molecule has 3 rings (SSSR count). The Morgan fingerprint density at radius 2 is 1.96 bits per heavy atom. The van der Waals surface area contributed by atoms with E-state index in [9.17, 15) is 9.59 Å². The number of esters is 1. The van der Waals surface area contributed by atoms with E-state index in [1.165, 1.54) is 7.11 Å². The van der Waals surface area contributed by atoms with Gasteiger partial charge in [-0.3, -0.25) is 4.79 Å². The van der Waals surface area contributed by atoms with Gasteiger partial charge in [0.05, 0.1) is 7.11 Å². The Kier molecular flexibility index (Phi) is 5.59. The Morgan fingerprint density at radius 3 is 2.69 bits per heavy atom. The van der Waals surface area contributed by atoms with E-state index in [-0.39, 0.29) is 24.5 Å². The van der Waals surface area contributed by atoms with E-state index in [2.05, 4.69) is 5.32 Å². The molecule has 26 heavy (non-hydrogen) atoms. The first-order valence-electron chi connectivity index (χ1n) is 8.53. The number of fused-ring (bicyclic) bond motifs is 1. The summed E-state index contributed by atoms with van der Waals surface area (Å²) in [6.45, 7) is 2.70. The molecule has 2 atom stereocenters. The highest BCUT2D eigenvalue weighted by molar-refractivity contribution is 6.31. The minimum Gasteiger partial charge on any atom is -0.465 e. The van der Waals surface area contributed by atoms with Crippen molar-refractivity contribution >= 4 is 29.2 Å². The first-order valence-corrected chi connectivity index (χ1v) is 8.91. The van der Waals surface area contributed by atoms with Crippen molar-refractivity contribution in [3.63, 3.8) is 0 Å². The third-order valence-corrected chi connectivity index (χ3v) is 5.03. The summed E-state index contributed by atoms with van der Waals surface area (Å²) in [5, 5.41) is 3.47. The number of benzene rings is 2.